The van der Waals surface area contributed by atoms with E-state index in [4.69, 9.17) is 0 Å². The molecule has 2 heterocycles. The van der Waals surface area contributed by atoms with Crippen LogP contribution in [0.2, 0.25) is 0 Å². The molecule has 6 nitrogen and oxygen atoms in total. The number of carbonyl (C=O) groups is 2. The van der Waals surface area contributed by atoms with Gasteiger partial charge in [-0.25, -0.2) is 0 Å². The number of hydrogen-bond acceptors (Lipinski definition) is 6. The lowest BCUT2D eigenvalue weighted by Crippen LogP contribution is -2.47. The van der Waals surface area contributed by atoms with Gasteiger partial charge >= 0.3 is 0 Å². The molecule has 1 fully saturated rings. The molecular formula is C22H24N4O2S2. The number of anilines is 1. The van der Waals surface area contributed by atoms with Gasteiger partial charge in [0, 0.05) is 22.0 Å². The zero-order valence-electron chi connectivity index (χ0n) is 16.8. The normalized spacial score (nSPS) is 15.5. The Morgan fingerprint density at radius 3 is 2.67 bits per heavy atom. The van der Waals surface area contributed by atoms with Crippen LogP contribution in [-0.2, 0) is 4.79 Å². The van der Waals surface area contributed by atoms with Crippen molar-refractivity contribution in [2.24, 2.45) is 0 Å². The quantitative estimate of drug-likeness (QED) is 0.600. The summed E-state index contributed by atoms with van der Waals surface area (Å²) in [7, 11) is 0. The lowest BCUT2D eigenvalue weighted by Gasteiger charge is -2.32. The summed E-state index contributed by atoms with van der Waals surface area (Å²) in [4.78, 5) is 29.4. The molecule has 3 aromatic rings. The van der Waals surface area contributed by atoms with Crippen molar-refractivity contribution in [2.75, 3.05) is 4.90 Å². The van der Waals surface area contributed by atoms with E-state index < -0.39 is 6.04 Å². The summed E-state index contributed by atoms with van der Waals surface area (Å²) in [6, 6.07) is 10.9. The number of benzene rings is 1. The first-order valence-corrected chi connectivity index (χ1v) is 11.9. The average molecular weight is 441 g/mol. The minimum atomic E-state index is -0.761. The Kier molecular flexibility index (Phi) is 6.54. The second-order valence-corrected chi connectivity index (χ2v) is 9.15. The number of aromatic nitrogens is 2. The van der Waals surface area contributed by atoms with Gasteiger partial charge < -0.3 is 5.32 Å². The third-order valence-corrected chi connectivity index (χ3v) is 6.78. The van der Waals surface area contributed by atoms with Crippen LogP contribution >= 0.6 is 22.9 Å². The van der Waals surface area contributed by atoms with Crippen LogP contribution in [-0.4, -0.2) is 27.4 Å². The molecule has 0 spiro atoms. The number of nitrogens with one attached hydrogen (secondary N) is 1. The predicted octanol–water partition coefficient (Wildman–Crippen LogP) is 4.75. The maximum atomic E-state index is 13.6. The molecule has 0 radical (unpaired) electrons. The number of aryl methyl sites for hydroxylation is 1. The van der Waals surface area contributed by atoms with Gasteiger partial charge in [0.1, 0.15) is 0 Å². The number of thiophene rings is 1. The first kappa shape index (κ1) is 20.7. The number of nitrogens with zero attached hydrogens (tertiary/aromatic N) is 3. The maximum absolute atomic E-state index is 13.6. The summed E-state index contributed by atoms with van der Waals surface area (Å²) in [6.07, 6.45) is 5.43. The van der Waals surface area contributed by atoms with E-state index in [1.165, 1.54) is 17.8 Å². The van der Waals surface area contributed by atoms with E-state index in [1.807, 2.05) is 48.7 Å². The van der Waals surface area contributed by atoms with E-state index in [0.717, 1.165) is 47.7 Å². The van der Waals surface area contributed by atoms with E-state index in [-0.39, 0.29) is 23.6 Å². The topological polar surface area (TPSA) is 75.2 Å². The first-order chi connectivity index (χ1) is 14.6. The monoisotopic (exact) mass is 440 g/mol. The Morgan fingerprint density at radius 2 is 2.00 bits per heavy atom. The minimum Gasteiger partial charge on any atom is -0.351 e. The number of carbonyl (C=O) groups excluding carboxylic acids is 2. The van der Waals surface area contributed by atoms with E-state index in [1.54, 1.807) is 10.3 Å². The highest BCUT2D eigenvalue weighted by atomic mass is 32.1. The lowest BCUT2D eigenvalue weighted by molar-refractivity contribution is -0.123. The second-order valence-electron chi connectivity index (χ2n) is 7.57. The van der Waals surface area contributed by atoms with Crippen molar-refractivity contribution in [2.45, 2.75) is 51.1 Å². The smallest absolute Gasteiger partial charge is 0.280 e. The minimum absolute atomic E-state index is 0.151. The molecule has 8 heteroatoms. The van der Waals surface area contributed by atoms with Gasteiger partial charge in [0.2, 0.25) is 5.91 Å². The first-order valence-electron chi connectivity index (χ1n) is 10.1. The van der Waals surface area contributed by atoms with Gasteiger partial charge in [-0.3, -0.25) is 14.5 Å². The fourth-order valence-corrected chi connectivity index (χ4v) is 5.13. The van der Waals surface area contributed by atoms with Crippen molar-refractivity contribution < 1.29 is 9.59 Å². The number of rotatable bonds is 6. The molecule has 2 amide bonds. The zero-order valence-corrected chi connectivity index (χ0v) is 18.4. The van der Waals surface area contributed by atoms with Crippen LogP contribution < -0.4 is 10.2 Å². The second kappa shape index (κ2) is 9.49. The van der Waals surface area contributed by atoms with Crippen molar-refractivity contribution in [3.05, 3.63) is 63.3 Å². The molecule has 0 aliphatic heterocycles. The molecule has 156 valence electrons. The molecular weight excluding hydrogens is 416 g/mol. The molecule has 2 aromatic heterocycles. The lowest BCUT2D eigenvalue weighted by atomic mass is 9.95. The van der Waals surface area contributed by atoms with Gasteiger partial charge in [-0.15, -0.1) is 16.4 Å². The molecule has 1 saturated carbocycles. The summed E-state index contributed by atoms with van der Waals surface area (Å²) < 4.78 is 3.84. The molecule has 1 aliphatic rings. The third-order valence-electron chi connectivity index (χ3n) is 5.35. The molecule has 0 unspecified atom stereocenters. The van der Waals surface area contributed by atoms with Gasteiger partial charge in [0.05, 0.1) is 0 Å². The summed E-state index contributed by atoms with van der Waals surface area (Å²) >= 11 is 2.60. The Balaban J connectivity index is 1.74. The fraction of sp³-hybridized carbons (Fsp3) is 0.364. The number of hydrogen-bond donors (Lipinski definition) is 1. The maximum Gasteiger partial charge on any atom is 0.280 e. The van der Waals surface area contributed by atoms with Crippen LogP contribution in [0, 0.1) is 6.92 Å². The Hall–Kier alpha value is -2.58. The summed E-state index contributed by atoms with van der Waals surface area (Å²) in [5.74, 6) is -0.478. The molecule has 1 N–H and O–H groups in total. The molecule has 1 atom stereocenters. The van der Waals surface area contributed by atoms with Crippen LogP contribution in [0.25, 0.3) is 0 Å². The van der Waals surface area contributed by atoms with E-state index in [2.05, 4.69) is 14.9 Å². The van der Waals surface area contributed by atoms with Crippen molar-refractivity contribution >= 4 is 40.4 Å². The highest BCUT2D eigenvalue weighted by Gasteiger charge is 2.36. The van der Waals surface area contributed by atoms with E-state index >= 15 is 0 Å². The standard InChI is InChI=1S/C22H24N4O2S2/c1-15-7-5-10-17(13-15)26(22(28)18-14-30-25-24-18)20(19-11-6-12-29-19)21(27)23-16-8-3-2-4-9-16/h5-7,10-14,16,20H,2-4,8-9H2,1H3,(H,23,27)/t20-/m1/s1. The van der Waals surface area contributed by atoms with Gasteiger partial charge in [-0.05, 0) is 60.4 Å². The zero-order chi connectivity index (χ0) is 20.9. The number of amides is 2. The largest absolute Gasteiger partial charge is 0.351 e. The van der Waals surface area contributed by atoms with E-state index in [9.17, 15) is 9.59 Å². The van der Waals surface area contributed by atoms with Gasteiger partial charge in [0.25, 0.3) is 5.91 Å². The molecule has 30 heavy (non-hydrogen) atoms. The van der Waals surface area contributed by atoms with Gasteiger partial charge in [-0.1, -0.05) is 41.9 Å². The highest BCUT2D eigenvalue weighted by molar-refractivity contribution is 7.10. The Labute approximate surface area is 184 Å². The van der Waals surface area contributed by atoms with Gasteiger partial charge in [-0.2, -0.15) is 0 Å². The van der Waals surface area contributed by atoms with Crippen LogP contribution in [0.5, 0.6) is 0 Å². The highest BCUT2D eigenvalue weighted by Crippen LogP contribution is 2.33. The predicted molar refractivity (Wildman–Crippen MR) is 120 cm³/mol. The summed E-state index contributed by atoms with van der Waals surface area (Å²) in [6.45, 7) is 1.97. The average Bonchev–Trinajstić information content (AvgIpc) is 3.46. The molecule has 0 bridgehead atoms. The van der Waals surface area contributed by atoms with Gasteiger partial charge in [0.15, 0.2) is 11.7 Å². The van der Waals surface area contributed by atoms with Crippen LogP contribution in [0.3, 0.4) is 0 Å². The Bertz CT molecular complexity index is 983. The third kappa shape index (κ3) is 4.60. The van der Waals surface area contributed by atoms with Crippen LogP contribution in [0.15, 0.2) is 47.2 Å². The van der Waals surface area contributed by atoms with E-state index in [0.29, 0.717) is 5.69 Å². The summed E-state index contributed by atoms with van der Waals surface area (Å²) in [5, 5.41) is 10.7. The van der Waals surface area contributed by atoms with Crippen LogP contribution in [0.4, 0.5) is 5.69 Å². The Morgan fingerprint density at radius 1 is 1.17 bits per heavy atom. The van der Waals surface area contributed by atoms with Crippen LogP contribution in [0.1, 0.15) is 59.1 Å². The molecule has 1 aliphatic carbocycles. The van der Waals surface area contributed by atoms with Crippen molar-refractivity contribution in [3.63, 3.8) is 0 Å². The van der Waals surface area contributed by atoms with Crippen molar-refractivity contribution in [1.29, 1.82) is 0 Å². The SMILES string of the molecule is Cc1cccc(N(C(=O)c2csnn2)[C@@H](C(=O)NC2CCCCC2)c2cccs2)c1. The van der Waals surface area contributed by atoms with Crippen molar-refractivity contribution in [1.82, 2.24) is 14.9 Å². The molecule has 0 saturated heterocycles. The summed E-state index contributed by atoms with van der Waals surface area (Å²) in [5.41, 5.74) is 1.93. The fourth-order valence-electron chi connectivity index (χ4n) is 3.89. The van der Waals surface area contributed by atoms with Crippen molar-refractivity contribution in [3.8, 4) is 0 Å². The molecule has 1 aromatic carbocycles. The molecule has 4 rings (SSSR count).